The molecule has 1 saturated heterocycles. The summed E-state index contributed by atoms with van der Waals surface area (Å²) in [6.07, 6.45) is 8.84. The molecule has 0 bridgehead atoms. The van der Waals surface area contributed by atoms with Crippen molar-refractivity contribution in [1.82, 2.24) is 10.3 Å². The fourth-order valence-electron chi connectivity index (χ4n) is 5.22. The van der Waals surface area contributed by atoms with Crippen LogP contribution in [0.4, 0.5) is 16.1 Å². The van der Waals surface area contributed by atoms with Crippen LogP contribution in [0.25, 0.3) is 11.3 Å². The van der Waals surface area contributed by atoms with E-state index < -0.39 is 6.86 Å². The first kappa shape index (κ1) is 24.4. The topological polar surface area (TPSA) is 62.6 Å². The zero-order valence-corrected chi connectivity index (χ0v) is 21.9. The highest BCUT2D eigenvalue weighted by Crippen LogP contribution is 2.28. The van der Waals surface area contributed by atoms with E-state index in [1.807, 2.05) is 12.1 Å². The van der Waals surface area contributed by atoms with Gasteiger partial charge in [0.2, 0.25) is 6.86 Å². The summed E-state index contributed by atoms with van der Waals surface area (Å²) in [5.41, 5.74) is 2.19. The van der Waals surface area contributed by atoms with Crippen molar-refractivity contribution in [3.63, 3.8) is 0 Å². The summed E-state index contributed by atoms with van der Waals surface area (Å²) in [5.74, 6) is 1.17. The Morgan fingerprint density at radius 3 is 2.54 bits per heavy atom. The maximum Gasteiger partial charge on any atom is 0.295 e. The van der Waals surface area contributed by atoms with Gasteiger partial charge in [-0.3, -0.25) is 0 Å². The highest BCUT2D eigenvalue weighted by atomic mass is 127. The van der Waals surface area contributed by atoms with Gasteiger partial charge in [-0.05, 0) is 96.8 Å². The third-order valence-corrected chi connectivity index (χ3v) is 7.72. The van der Waals surface area contributed by atoms with E-state index in [9.17, 15) is 4.39 Å². The van der Waals surface area contributed by atoms with Crippen LogP contribution in [0.15, 0.2) is 59.1 Å². The monoisotopic (exact) mass is 590 g/mol. The number of ether oxygens (including phenoxy) is 1. The van der Waals surface area contributed by atoms with Crippen LogP contribution in [-0.4, -0.2) is 43.1 Å². The summed E-state index contributed by atoms with van der Waals surface area (Å²) < 4.78 is 24.5. The Balaban J connectivity index is 1.20. The predicted molar refractivity (Wildman–Crippen MR) is 146 cm³/mol. The quantitative estimate of drug-likeness (QED) is 0.304. The van der Waals surface area contributed by atoms with Crippen LogP contribution >= 0.6 is 22.6 Å². The highest BCUT2D eigenvalue weighted by molar-refractivity contribution is 14.1. The van der Waals surface area contributed by atoms with Gasteiger partial charge in [-0.1, -0.05) is 12.8 Å². The SMILES string of the molecule is FCOc1ccc(-c2cnc(N[C@@H]3CCCC[C@H]3N[C@H]3CCCN(c4ccc(I)cc4)C3)o2)cc1. The smallest absolute Gasteiger partial charge is 0.295 e. The molecular formula is C27H32FIN4O2. The zero-order valence-electron chi connectivity index (χ0n) is 19.8. The Labute approximate surface area is 219 Å². The van der Waals surface area contributed by atoms with E-state index >= 15 is 0 Å². The van der Waals surface area contributed by atoms with Crippen molar-refractivity contribution in [1.29, 1.82) is 0 Å². The largest absolute Gasteiger partial charge is 0.463 e. The lowest BCUT2D eigenvalue weighted by atomic mass is 9.89. The summed E-state index contributed by atoms with van der Waals surface area (Å²) in [6.45, 7) is 1.32. The minimum Gasteiger partial charge on any atom is -0.463 e. The van der Waals surface area contributed by atoms with Gasteiger partial charge in [0.25, 0.3) is 6.01 Å². The number of aromatic nitrogens is 1. The Kier molecular flexibility index (Phi) is 8.08. The Morgan fingerprint density at radius 1 is 1.00 bits per heavy atom. The second kappa shape index (κ2) is 11.6. The summed E-state index contributed by atoms with van der Waals surface area (Å²) in [7, 11) is 0. The van der Waals surface area contributed by atoms with Gasteiger partial charge >= 0.3 is 0 Å². The molecular weight excluding hydrogens is 558 g/mol. The molecule has 2 aromatic carbocycles. The van der Waals surface area contributed by atoms with Crippen LogP contribution in [0, 0.1) is 3.57 Å². The first-order chi connectivity index (χ1) is 17.2. The van der Waals surface area contributed by atoms with Gasteiger partial charge in [0, 0.05) is 46.0 Å². The van der Waals surface area contributed by atoms with E-state index in [0.717, 1.165) is 31.5 Å². The number of nitrogens with one attached hydrogen (secondary N) is 2. The zero-order chi connectivity index (χ0) is 24.0. The molecule has 3 aromatic rings. The van der Waals surface area contributed by atoms with Gasteiger partial charge in [0.1, 0.15) is 5.75 Å². The fourth-order valence-corrected chi connectivity index (χ4v) is 5.58. The maximum absolute atomic E-state index is 12.4. The van der Waals surface area contributed by atoms with Crippen molar-refractivity contribution < 1.29 is 13.5 Å². The van der Waals surface area contributed by atoms with Gasteiger partial charge in [-0.15, -0.1) is 0 Å². The Bertz CT molecular complexity index is 1080. The van der Waals surface area contributed by atoms with Gasteiger partial charge in [-0.2, -0.15) is 0 Å². The molecule has 1 aliphatic carbocycles. The van der Waals surface area contributed by atoms with E-state index in [4.69, 9.17) is 9.15 Å². The van der Waals surface area contributed by atoms with Crippen LogP contribution in [0.3, 0.4) is 0 Å². The lowest BCUT2D eigenvalue weighted by Gasteiger charge is -2.40. The summed E-state index contributed by atoms with van der Waals surface area (Å²) in [5, 5.41) is 7.54. The summed E-state index contributed by atoms with van der Waals surface area (Å²) in [6, 6.07) is 17.7. The molecule has 2 aliphatic rings. The lowest BCUT2D eigenvalue weighted by Crippen LogP contribution is -2.54. The molecule has 0 spiro atoms. The van der Waals surface area contributed by atoms with E-state index in [1.54, 1.807) is 18.3 Å². The summed E-state index contributed by atoms with van der Waals surface area (Å²) in [4.78, 5) is 6.99. The number of oxazole rings is 1. The molecule has 5 rings (SSSR count). The first-order valence-electron chi connectivity index (χ1n) is 12.5. The van der Waals surface area contributed by atoms with Gasteiger partial charge in [0.05, 0.1) is 6.20 Å². The first-order valence-corrected chi connectivity index (χ1v) is 13.5. The molecule has 3 atom stereocenters. The number of benzene rings is 2. The number of nitrogens with zero attached hydrogens (tertiary/aromatic N) is 2. The standard InChI is InChI=1S/C27H32FIN4O2/c28-18-34-23-13-7-19(8-14-23)26-16-30-27(35-26)32-25-6-2-1-5-24(25)31-21-4-3-15-33(17-21)22-11-9-20(29)10-12-22/h7-14,16,21,24-25,31H,1-6,15,17-18H2,(H,30,32)/t21-,24+,25+/m0/s1. The number of rotatable bonds is 8. The minimum atomic E-state index is -0.836. The number of piperidine rings is 1. The van der Waals surface area contributed by atoms with E-state index in [-0.39, 0.29) is 6.04 Å². The third kappa shape index (κ3) is 6.27. The van der Waals surface area contributed by atoms with Crippen LogP contribution in [0.1, 0.15) is 38.5 Å². The van der Waals surface area contributed by atoms with Crippen molar-refractivity contribution in [2.24, 2.45) is 0 Å². The normalized spacial score (nSPS) is 22.7. The van der Waals surface area contributed by atoms with Crippen LogP contribution in [-0.2, 0) is 0 Å². The molecule has 0 unspecified atom stereocenters. The van der Waals surface area contributed by atoms with Crippen molar-refractivity contribution >= 4 is 34.3 Å². The predicted octanol–water partition coefficient (Wildman–Crippen LogP) is 6.23. The molecule has 2 heterocycles. The molecule has 8 heteroatoms. The van der Waals surface area contributed by atoms with Crippen molar-refractivity contribution in [3.05, 3.63) is 58.3 Å². The van der Waals surface area contributed by atoms with Gasteiger partial charge < -0.3 is 24.7 Å². The molecule has 2 N–H and O–H groups in total. The molecule has 186 valence electrons. The number of hydrogen-bond acceptors (Lipinski definition) is 6. The average Bonchev–Trinajstić information content (AvgIpc) is 3.35. The number of hydrogen-bond donors (Lipinski definition) is 2. The Morgan fingerprint density at radius 2 is 1.77 bits per heavy atom. The Hall–Kier alpha value is -2.33. The van der Waals surface area contributed by atoms with E-state index in [1.165, 1.54) is 34.9 Å². The highest BCUT2D eigenvalue weighted by Gasteiger charge is 2.30. The molecule has 0 amide bonds. The maximum atomic E-state index is 12.4. The minimum absolute atomic E-state index is 0.282. The molecule has 6 nitrogen and oxygen atoms in total. The van der Waals surface area contributed by atoms with Crippen LogP contribution in [0.2, 0.25) is 0 Å². The molecule has 2 fully saturated rings. The third-order valence-electron chi connectivity index (χ3n) is 7.00. The van der Waals surface area contributed by atoms with Crippen LogP contribution < -0.4 is 20.3 Å². The van der Waals surface area contributed by atoms with Crippen molar-refractivity contribution in [2.45, 2.75) is 56.7 Å². The molecule has 0 radical (unpaired) electrons. The van der Waals surface area contributed by atoms with E-state index in [0.29, 0.717) is 29.6 Å². The summed E-state index contributed by atoms with van der Waals surface area (Å²) >= 11 is 2.36. The van der Waals surface area contributed by atoms with Crippen molar-refractivity contribution in [2.75, 3.05) is 30.2 Å². The van der Waals surface area contributed by atoms with Gasteiger partial charge in [0.15, 0.2) is 5.76 Å². The van der Waals surface area contributed by atoms with Crippen molar-refractivity contribution in [3.8, 4) is 17.1 Å². The fraction of sp³-hybridized carbons (Fsp3) is 0.444. The van der Waals surface area contributed by atoms with E-state index in [2.05, 4.69) is 67.4 Å². The number of alkyl halides is 1. The second-order valence-corrected chi connectivity index (χ2v) is 10.6. The van der Waals surface area contributed by atoms with Crippen LogP contribution in [0.5, 0.6) is 5.75 Å². The molecule has 35 heavy (non-hydrogen) atoms. The molecule has 1 saturated carbocycles. The number of anilines is 2. The lowest BCUT2D eigenvalue weighted by molar-refractivity contribution is 0.192. The number of halogens is 2. The molecule has 1 aliphatic heterocycles. The van der Waals surface area contributed by atoms with Gasteiger partial charge in [-0.25, -0.2) is 9.37 Å². The molecule has 1 aromatic heterocycles. The average molecular weight is 590 g/mol. The second-order valence-electron chi connectivity index (χ2n) is 9.38.